The Bertz CT molecular complexity index is 341. The van der Waals surface area contributed by atoms with Crippen LogP contribution in [-0.2, 0) is 6.54 Å². The summed E-state index contributed by atoms with van der Waals surface area (Å²) in [6, 6.07) is -0.0110. The molecule has 0 radical (unpaired) electrons. The number of likely N-dealkylation sites (tertiary alicyclic amines) is 1. The van der Waals surface area contributed by atoms with E-state index in [4.69, 9.17) is 0 Å². The third-order valence-electron chi connectivity index (χ3n) is 2.60. The number of amides is 2. The molecule has 0 aliphatic carbocycles. The average Bonchev–Trinajstić information content (AvgIpc) is 2.87. The number of rotatable bonds is 2. The van der Waals surface area contributed by atoms with Crippen LogP contribution in [-0.4, -0.2) is 33.8 Å². The predicted molar refractivity (Wildman–Crippen MR) is 57.7 cm³/mol. The maximum Gasteiger partial charge on any atom is 0.321 e. The molecule has 2 amide bonds. The van der Waals surface area contributed by atoms with E-state index in [1.807, 2.05) is 18.0 Å². The molecule has 1 fully saturated rings. The van der Waals surface area contributed by atoms with Crippen LogP contribution in [0, 0.1) is 0 Å². The Hall–Kier alpha value is -1.52. The van der Waals surface area contributed by atoms with Crippen molar-refractivity contribution in [1.82, 2.24) is 14.7 Å². The lowest BCUT2D eigenvalue weighted by molar-refractivity contribution is 0.222. The molecule has 0 spiro atoms. The molecule has 1 saturated heterocycles. The number of anilines is 1. The Morgan fingerprint density at radius 3 is 2.87 bits per heavy atom. The van der Waals surface area contributed by atoms with Crippen molar-refractivity contribution in [2.24, 2.45) is 0 Å². The first-order valence-electron chi connectivity index (χ1n) is 5.38. The molecule has 0 bridgehead atoms. The topological polar surface area (TPSA) is 50.2 Å². The molecule has 0 saturated carbocycles. The zero-order valence-corrected chi connectivity index (χ0v) is 8.94. The molecule has 2 heterocycles. The third kappa shape index (κ3) is 2.29. The van der Waals surface area contributed by atoms with E-state index in [2.05, 4.69) is 10.4 Å². The van der Waals surface area contributed by atoms with E-state index in [1.165, 1.54) is 0 Å². The summed E-state index contributed by atoms with van der Waals surface area (Å²) in [5, 5.41) is 6.94. The largest absolute Gasteiger partial charge is 0.325 e. The molecule has 0 aromatic carbocycles. The van der Waals surface area contributed by atoms with Gasteiger partial charge in [0.1, 0.15) is 0 Å². The van der Waals surface area contributed by atoms with Crippen LogP contribution in [0.5, 0.6) is 0 Å². The Morgan fingerprint density at radius 1 is 1.53 bits per heavy atom. The van der Waals surface area contributed by atoms with Crippen LogP contribution in [0.1, 0.15) is 19.8 Å². The smallest absolute Gasteiger partial charge is 0.321 e. The molecular formula is C10H16N4O. The first-order chi connectivity index (χ1) is 7.29. The van der Waals surface area contributed by atoms with Gasteiger partial charge in [-0.05, 0) is 19.8 Å². The van der Waals surface area contributed by atoms with Crippen molar-refractivity contribution < 1.29 is 4.79 Å². The summed E-state index contributed by atoms with van der Waals surface area (Å²) in [4.78, 5) is 13.5. The van der Waals surface area contributed by atoms with E-state index >= 15 is 0 Å². The Kier molecular flexibility index (Phi) is 2.89. The minimum absolute atomic E-state index is 0.0110. The molecule has 15 heavy (non-hydrogen) atoms. The quantitative estimate of drug-likeness (QED) is 0.801. The highest BCUT2D eigenvalue weighted by atomic mass is 16.2. The van der Waals surface area contributed by atoms with Gasteiger partial charge in [-0.3, -0.25) is 4.68 Å². The monoisotopic (exact) mass is 208 g/mol. The van der Waals surface area contributed by atoms with E-state index in [9.17, 15) is 4.79 Å². The number of nitrogens with zero attached hydrogens (tertiary/aromatic N) is 3. The van der Waals surface area contributed by atoms with Crippen molar-refractivity contribution in [3.8, 4) is 0 Å². The average molecular weight is 208 g/mol. The number of aromatic nitrogens is 2. The van der Waals surface area contributed by atoms with E-state index in [0.29, 0.717) is 0 Å². The van der Waals surface area contributed by atoms with Gasteiger partial charge in [-0.15, -0.1) is 0 Å². The lowest BCUT2D eigenvalue weighted by atomic mass is 10.4. The maximum absolute atomic E-state index is 11.7. The Morgan fingerprint density at radius 2 is 2.27 bits per heavy atom. The fourth-order valence-corrected chi connectivity index (χ4v) is 1.72. The zero-order valence-electron chi connectivity index (χ0n) is 8.94. The number of aryl methyl sites for hydroxylation is 1. The number of nitrogens with one attached hydrogen (secondary N) is 1. The standard InChI is InChI=1S/C10H16N4O/c1-2-14-8-9(7-11-14)12-10(15)13-5-3-4-6-13/h7-8H,2-6H2,1H3,(H,12,15). The molecule has 1 aliphatic heterocycles. The summed E-state index contributed by atoms with van der Waals surface area (Å²) in [5.41, 5.74) is 0.772. The molecule has 2 rings (SSSR count). The predicted octanol–water partition coefficient (Wildman–Crippen LogP) is 1.53. The molecule has 1 N–H and O–H groups in total. The van der Waals surface area contributed by atoms with Crippen molar-refractivity contribution in [2.45, 2.75) is 26.3 Å². The fourth-order valence-electron chi connectivity index (χ4n) is 1.72. The van der Waals surface area contributed by atoms with Crippen LogP contribution in [0.15, 0.2) is 12.4 Å². The first kappa shape index (κ1) is 10.0. The van der Waals surface area contributed by atoms with Gasteiger partial charge in [-0.2, -0.15) is 5.10 Å². The van der Waals surface area contributed by atoms with E-state index in [0.717, 1.165) is 38.2 Å². The second-order valence-corrected chi connectivity index (χ2v) is 3.71. The van der Waals surface area contributed by atoms with Gasteiger partial charge >= 0.3 is 6.03 Å². The van der Waals surface area contributed by atoms with Crippen molar-refractivity contribution in [2.75, 3.05) is 18.4 Å². The second-order valence-electron chi connectivity index (χ2n) is 3.71. The van der Waals surface area contributed by atoms with Gasteiger partial charge < -0.3 is 10.2 Å². The lowest BCUT2D eigenvalue weighted by Crippen LogP contribution is -2.31. The fraction of sp³-hybridized carbons (Fsp3) is 0.600. The SMILES string of the molecule is CCn1cc(NC(=O)N2CCCC2)cn1. The van der Waals surface area contributed by atoms with Crippen molar-refractivity contribution >= 4 is 11.7 Å². The van der Waals surface area contributed by atoms with Crippen LogP contribution < -0.4 is 5.32 Å². The number of carbonyl (C=O) groups excluding carboxylic acids is 1. The number of hydrogen-bond acceptors (Lipinski definition) is 2. The van der Waals surface area contributed by atoms with Crippen LogP contribution in [0.25, 0.3) is 0 Å². The molecule has 1 aromatic heterocycles. The molecular weight excluding hydrogens is 192 g/mol. The molecule has 0 unspecified atom stereocenters. The molecule has 0 atom stereocenters. The third-order valence-corrected chi connectivity index (χ3v) is 2.60. The summed E-state index contributed by atoms with van der Waals surface area (Å²) >= 11 is 0. The van der Waals surface area contributed by atoms with Gasteiger partial charge in [0.15, 0.2) is 0 Å². The normalized spacial score (nSPS) is 15.7. The summed E-state index contributed by atoms with van der Waals surface area (Å²) in [6.07, 6.45) is 5.74. The van der Waals surface area contributed by atoms with E-state index < -0.39 is 0 Å². The van der Waals surface area contributed by atoms with Gasteiger partial charge in [0.25, 0.3) is 0 Å². The van der Waals surface area contributed by atoms with E-state index in [1.54, 1.807) is 10.9 Å². The molecule has 1 aliphatic rings. The first-order valence-corrected chi connectivity index (χ1v) is 5.38. The second kappa shape index (κ2) is 4.33. The summed E-state index contributed by atoms with van der Waals surface area (Å²) in [6.45, 7) is 4.57. The maximum atomic E-state index is 11.7. The van der Waals surface area contributed by atoms with Crippen LogP contribution in [0.4, 0.5) is 10.5 Å². The summed E-state index contributed by atoms with van der Waals surface area (Å²) in [7, 11) is 0. The zero-order chi connectivity index (χ0) is 10.7. The Labute approximate surface area is 89.1 Å². The van der Waals surface area contributed by atoms with Crippen LogP contribution >= 0.6 is 0 Å². The van der Waals surface area contributed by atoms with Crippen LogP contribution in [0.2, 0.25) is 0 Å². The highest BCUT2D eigenvalue weighted by molar-refractivity contribution is 5.89. The van der Waals surface area contributed by atoms with Gasteiger partial charge in [-0.25, -0.2) is 4.79 Å². The Balaban J connectivity index is 1.92. The van der Waals surface area contributed by atoms with E-state index in [-0.39, 0.29) is 6.03 Å². The molecule has 82 valence electrons. The van der Waals surface area contributed by atoms with Crippen molar-refractivity contribution in [3.05, 3.63) is 12.4 Å². The van der Waals surface area contributed by atoms with Crippen molar-refractivity contribution in [3.63, 3.8) is 0 Å². The highest BCUT2D eigenvalue weighted by Crippen LogP contribution is 2.11. The minimum Gasteiger partial charge on any atom is -0.325 e. The summed E-state index contributed by atoms with van der Waals surface area (Å²) in [5.74, 6) is 0. The van der Waals surface area contributed by atoms with Crippen molar-refractivity contribution in [1.29, 1.82) is 0 Å². The highest BCUT2D eigenvalue weighted by Gasteiger charge is 2.17. The van der Waals surface area contributed by atoms with Gasteiger partial charge in [0.05, 0.1) is 11.9 Å². The lowest BCUT2D eigenvalue weighted by Gasteiger charge is -2.14. The van der Waals surface area contributed by atoms with Gasteiger partial charge in [0.2, 0.25) is 0 Å². The number of hydrogen-bond donors (Lipinski definition) is 1. The minimum atomic E-state index is -0.0110. The van der Waals surface area contributed by atoms with Gasteiger partial charge in [-0.1, -0.05) is 0 Å². The number of urea groups is 1. The molecule has 1 aromatic rings. The molecule has 5 heteroatoms. The van der Waals surface area contributed by atoms with Gasteiger partial charge in [0, 0.05) is 25.8 Å². The summed E-state index contributed by atoms with van der Waals surface area (Å²) < 4.78 is 1.79. The number of carbonyl (C=O) groups is 1. The molecule has 5 nitrogen and oxygen atoms in total. The van der Waals surface area contributed by atoms with Crippen LogP contribution in [0.3, 0.4) is 0 Å².